The van der Waals surface area contributed by atoms with Gasteiger partial charge in [-0.25, -0.2) is 0 Å². The maximum atomic E-state index is 5.96. The Morgan fingerprint density at radius 3 is 2.64 bits per heavy atom. The average molecular weight is 392 g/mol. The molecule has 3 nitrogen and oxygen atoms in total. The Kier molecular flexibility index (Phi) is 6.20. The summed E-state index contributed by atoms with van der Waals surface area (Å²) in [6, 6.07) is 10.5. The molecule has 0 atom stereocenters. The second-order valence-corrected chi connectivity index (χ2v) is 8.61. The number of benzene rings is 1. The van der Waals surface area contributed by atoms with Crippen LogP contribution in [0.4, 0.5) is 0 Å². The van der Waals surface area contributed by atoms with Crippen molar-refractivity contribution in [3.63, 3.8) is 0 Å². The quantitative estimate of drug-likeness (QED) is 0.431. The van der Waals surface area contributed by atoms with Crippen molar-refractivity contribution in [2.45, 2.75) is 50.6 Å². The first-order chi connectivity index (χ1) is 12.1. The van der Waals surface area contributed by atoms with Crippen LogP contribution in [0.15, 0.2) is 40.9 Å². The van der Waals surface area contributed by atoms with E-state index >= 15 is 0 Å². The highest BCUT2D eigenvalue weighted by molar-refractivity contribution is 7.98. The van der Waals surface area contributed by atoms with E-state index in [0.717, 1.165) is 28.2 Å². The molecule has 3 aromatic rings. The number of thiophene rings is 1. The van der Waals surface area contributed by atoms with Gasteiger partial charge >= 0.3 is 0 Å². The van der Waals surface area contributed by atoms with Crippen LogP contribution in [-0.2, 0) is 12.2 Å². The van der Waals surface area contributed by atoms with Gasteiger partial charge in [0.1, 0.15) is 0 Å². The fourth-order valence-electron chi connectivity index (χ4n) is 2.64. The molecule has 6 heteroatoms. The Balaban J connectivity index is 1.82. The zero-order valence-corrected chi connectivity index (χ0v) is 17.1. The summed E-state index contributed by atoms with van der Waals surface area (Å²) in [6.45, 7) is 6.57. The van der Waals surface area contributed by atoms with Crippen LogP contribution in [0.5, 0.6) is 0 Å². The molecule has 0 aliphatic carbocycles. The molecule has 0 amide bonds. The van der Waals surface area contributed by atoms with Crippen molar-refractivity contribution in [3.05, 3.63) is 51.2 Å². The molecule has 0 N–H and O–H groups in total. The fraction of sp³-hybridized carbons (Fsp3) is 0.368. The molecule has 3 rings (SSSR count). The van der Waals surface area contributed by atoms with Gasteiger partial charge in [-0.3, -0.25) is 4.57 Å². The molecule has 0 spiro atoms. The molecule has 2 heterocycles. The zero-order valence-electron chi connectivity index (χ0n) is 14.7. The lowest BCUT2D eigenvalue weighted by Crippen LogP contribution is -2.04. The molecule has 0 bridgehead atoms. The average Bonchev–Trinajstić information content (AvgIpc) is 3.21. The molecular formula is C19H22ClN3S2. The third-order valence-corrected chi connectivity index (χ3v) is 6.13. The highest BCUT2D eigenvalue weighted by Gasteiger charge is 2.18. The third kappa shape index (κ3) is 4.46. The van der Waals surface area contributed by atoms with Gasteiger partial charge in [0.15, 0.2) is 11.0 Å². The minimum absolute atomic E-state index is 0.312. The van der Waals surface area contributed by atoms with Gasteiger partial charge in [0.05, 0.1) is 0 Å². The number of halogens is 1. The summed E-state index contributed by atoms with van der Waals surface area (Å²) in [5.41, 5.74) is 2.41. The van der Waals surface area contributed by atoms with E-state index in [-0.39, 0.29) is 0 Å². The van der Waals surface area contributed by atoms with Crippen molar-refractivity contribution in [1.29, 1.82) is 0 Å². The van der Waals surface area contributed by atoms with Crippen LogP contribution >= 0.6 is 34.7 Å². The normalized spacial score (nSPS) is 11.4. The van der Waals surface area contributed by atoms with Gasteiger partial charge in [-0.2, -0.15) is 0 Å². The van der Waals surface area contributed by atoms with Gasteiger partial charge in [-0.1, -0.05) is 48.8 Å². The predicted octanol–water partition coefficient (Wildman–Crippen LogP) is 6.49. The molecule has 0 saturated carbocycles. The molecule has 2 aromatic heterocycles. The number of aromatic nitrogens is 3. The van der Waals surface area contributed by atoms with Gasteiger partial charge in [0, 0.05) is 32.6 Å². The van der Waals surface area contributed by atoms with E-state index in [1.54, 1.807) is 11.8 Å². The van der Waals surface area contributed by atoms with E-state index in [1.807, 2.05) is 23.5 Å². The van der Waals surface area contributed by atoms with Gasteiger partial charge in [-0.15, -0.1) is 21.5 Å². The first-order valence-corrected chi connectivity index (χ1v) is 10.7. The standard InChI is InChI=1S/C19H22ClN3S2/c1-4-5-17-10-15(12-24-17)18-21-22-19(23(18)13(2)3)25-11-14-6-8-16(20)9-7-14/h6-10,12-13H,4-5,11H2,1-3H3. The monoisotopic (exact) mass is 391 g/mol. The Bertz CT molecular complexity index is 822. The summed E-state index contributed by atoms with van der Waals surface area (Å²) >= 11 is 9.49. The largest absolute Gasteiger partial charge is 0.299 e. The van der Waals surface area contributed by atoms with Gasteiger partial charge in [0.25, 0.3) is 0 Å². The lowest BCUT2D eigenvalue weighted by Gasteiger charge is -2.13. The molecular weight excluding hydrogens is 370 g/mol. The summed E-state index contributed by atoms with van der Waals surface area (Å²) in [6.07, 6.45) is 2.29. The van der Waals surface area contributed by atoms with E-state index < -0.39 is 0 Å². The fourth-order valence-corrected chi connectivity index (χ4v) is 4.76. The van der Waals surface area contributed by atoms with Crippen molar-refractivity contribution in [1.82, 2.24) is 14.8 Å². The van der Waals surface area contributed by atoms with Gasteiger partial charge < -0.3 is 0 Å². The van der Waals surface area contributed by atoms with Gasteiger partial charge in [-0.05, 0) is 44.0 Å². The highest BCUT2D eigenvalue weighted by atomic mass is 35.5. The van der Waals surface area contributed by atoms with Gasteiger partial charge in [0.2, 0.25) is 0 Å². The molecule has 132 valence electrons. The number of hydrogen-bond donors (Lipinski definition) is 0. The lowest BCUT2D eigenvalue weighted by molar-refractivity contribution is 0.555. The van der Waals surface area contributed by atoms with Crippen molar-refractivity contribution >= 4 is 34.7 Å². The van der Waals surface area contributed by atoms with Crippen LogP contribution in [0.3, 0.4) is 0 Å². The third-order valence-electron chi connectivity index (χ3n) is 3.87. The number of nitrogens with zero attached hydrogens (tertiary/aromatic N) is 3. The molecule has 0 fully saturated rings. The molecule has 1 aromatic carbocycles. The van der Waals surface area contributed by atoms with E-state index in [9.17, 15) is 0 Å². The first-order valence-electron chi connectivity index (χ1n) is 8.48. The van der Waals surface area contributed by atoms with Crippen LogP contribution in [0, 0.1) is 0 Å². The van der Waals surface area contributed by atoms with Crippen LogP contribution in [0.2, 0.25) is 5.02 Å². The Labute approximate surface area is 162 Å². The number of thioether (sulfide) groups is 1. The summed E-state index contributed by atoms with van der Waals surface area (Å²) in [5, 5.41) is 12.9. The Hall–Kier alpha value is -1.30. The number of aryl methyl sites for hydroxylation is 1. The molecule has 0 radical (unpaired) electrons. The van der Waals surface area contributed by atoms with Crippen LogP contribution in [0.25, 0.3) is 11.4 Å². The minimum Gasteiger partial charge on any atom is -0.299 e. The lowest BCUT2D eigenvalue weighted by atomic mass is 10.2. The highest BCUT2D eigenvalue weighted by Crippen LogP contribution is 2.32. The molecule has 0 aliphatic rings. The first kappa shape index (κ1) is 18.5. The summed E-state index contributed by atoms with van der Waals surface area (Å²) < 4.78 is 2.23. The van der Waals surface area contributed by atoms with Crippen LogP contribution in [0.1, 0.15) is 43.7 Å². The number of hydrogen-bond acceptors (Lipinski definition) is 4. The van der Waals surface area contributed by atoms with E-state index in [1.165, 1.54) is 22.4 Å². The summed E-state index contributed by atoms with van der Waals surface area (Å²) in [4.78, 5) is 1.41. The predicted molar refractivity (Wildman–Crippen MR) is 109 cm³/mol. The molecule has 0 aliphatic heterocycles. The van der Waals surface area contributed by atoms with E-state index in [0.29, 0.717) is 6.04 Å². The summed E-state index contributed by atoms with van der Waals surface area (Å²) in [5.74, 6) is 1.82. The molecule has 0 saturated heterocycles. The molecule has 25 heavy (non-hydrogen) atoms. The minimum atomic E-state index is 0.312. The van der Waals surface area contributed by atoms with Crippen molar-refractivity contribution in [3.8, 4) is 11.4 Å². The SMILES string of the molecule is CCCc1cc(-c2nnc(SCc3ccc(Cl)cc3)n2C(C)C)cs1. The number of rotatable bonds is 7. The molecule has 0 unspecified atom stereocenters. The van der Waals surface area contributed by atoms with Crippen molar-refractivity contribution in [2.75, 3.05) is 0 Å². The Morgan fingerprint density at radius 1 is 1.20 bits per heavy atom. The van der Waals surface area contributed by atoms with E-state index in [4.69, 9.17) is 11.6 Å². The Morgan fingerprint density at radius 2 is 1.96 bits per heavy atom. The second-order valence-electron chi connectivity index (χ2n) is 6.24. The second kappa shape index (κ2) is 8.39. The summed E-state index contributed by atoms with van der Waals surface area (Å²) in [7, 11) is 0. The van der Waals surface area contributed by atoms with E-state index in [2.05, 4.69) is 59.1 Å². The topological polar surface area (TPSA) is 30.7 Å². The van der Waals surface area contributed by atoms with Crippen LogP contribution < -0.4 is 0 Å². The van der Waals surface area contributed by atoms with Crippen LogP contribution in [-0.4, -0.2) is 14.8 Å². The van der Waals surface area contributed by atoms with Crippen molar-refractivity contribution < 1.29 is 0 Å². The zero-order chi connectivity index (χ0) is 17.8. The maximum Gasteiger partial charge on any atom is 0.192 e. The maximum absolute atomic E-state index is 5.96. The smallest absolute Gasteiger partial charge is 0.192 e. The van der Waals surface area contributed by atoms with Crippen molar-refractivity contribution in [2.24, 2.45) is 0 Å².